The fourth-order valence-corrected chi connectivity index (χ4v) is 4.20. The third-order valence-corrected chi connectivity index (χ3v) is 5.96. The number of sulfonamides is 1. The first-order valence-corrected chi connectivity index (χ1v) is 9.59. The Morgan fingerprint density at radius 1 is 1.22 bits per heavy atom. The number of halogens is 1. The zero-order valence-corrected chi connectivity index (χ0v) is 14.8. The molecule has 1 aromatic carbocycles. The van der Waals surface area contributed by atoms with Crippen molar-refractivity contribution in [3.05, 3.63) is 60.5 Å². The Labute approximate surface area is 154 Å². The molecule has 0 radical (unpaired) electrons. The van der Waals surface area contributed by atoms with Crippen LogP contribution < -0.4 is 0 Å². The third-order valence-electron chi connectivity index (χ3n) is 4.10. The number of pyridine rings is 1. The number of rotatable bonds is 4. The maximum atomic E-state index is 13.4. The fraction of sp³-hybridized carbons (Fsp3) is 0.235. The minimum Gasteiger partial charge on any atom is -0.366 e. The van der Waals surface area contributed by atoms with Gasteiger partial charge in [-0.15, -0.1) is 0 Å². The Morgan fingerprint density at radius 2 is 2.11 bits per heavy atom. The second kappa shape index (κ2) is 7.14. The van der Waals surface area contributed by atoms with Crippen LogP contribution in [0, 0.1) is 5.82 Å². The Bertz CT molecular complexity index is 1040. The van der Waals surface area contributed by atoms with Crippen LogP contribution in [0.2, 0.25) is 0 Å². The van der Waals surface area contributed by atoms with Crippen molar-refractivity contribution in [1.82, 2.24) is 19.4 Å². The SMILES string of the molecule is O=S(=O)(c1cccc(F)c1)N1CCO[C@H](c2nc(-c3cccnc3)no2)C1. The highest BCUT2D eigenvalue weighted by molar-refractivity contribution is 7.89. The second-order valence-corrected chi connectivity index (χ2v) is 7.82. The molecular weight excluding hydrogens is 375 g/mol. The summed E-state index contributed by atoms with van der Waals surface area (Å²) in [6.45, 7) is 0.302. The number of aromatic nitrogens is 3. The van der Waals surface area contributed by atoms with Gasteiger partial charge >= 0.3 is 0 Å². The van der Waals surface area contributed by atoms with Gasteiger partial charge in [-0.05, 0) is 30.3 Å². The first kappa shape index (κ1) is 17.7. The van der Waals surface area contributed by atoms with E-state index in [-0.39, 0.29) is 30.5 Å². The summed E-state index contributed by atoms with van der Waals surface area (Å²) in [6.07, 6.45) is 2.51. The average Bonchev–Trinajstić information content (AvgIpc) is 3.19. The molecule has 2 aromatic heterocycles. The van der Waals surface area contributed by atoms with Crippen LogP contribution in [0.3, 0.4) is 0 Å². The molecule has 0 aliphatic carbocycles. The van der Waals surface area contributed by atoms with Crippen molar-refractivity contribution in [2.45, 2.75) is 11.0 Å². The molecule has 0 amide bonds. The molecule has 3 aromatic rings. The molecule has 10 heteroatoms. The van der Waals surface area contributed by atoms with Gasteiger partial charge in [-0.1, -0.05) is 11.2 Å². The molecule has 27 heavy (non-hydrogen) atoms. The van der Waals surface area contributed by atoms with Gasteiger partial charge in [0.25, 0.3) is 5.89 Å². The molecule has 1 saturated heterocycles. The normalized spacial score (nSPS) is 18.5. The molecule has 8 nitrogen and oxygen atoms in total. The molecule has 1 atom stereocenters. The van der Waals surface area contributed by atoms with Gasteiger partial charge in [-0.3, -0.25) is 4.98 Å². The Morgan fingerprint density at radius 3 is 2.89 bits per heavy atom. The van der Waals surface area contributed by atoms with Gasteiger partial charge in [0.05, 0.1) is 11.5 Å². The van der Waals surface area contributed by atoms with Crippen molar-refractivity contribution in [3.63, 3.8) is 0 Å². The van der Waals surface area contributed by atoms with E-state index in [1.807, 2.05) is 0 Å². The van der Waals surface area contributed by atoms with E-state index in [0.717, 1.165) is 6.07 Å². The predicted molar refractivity (Wildman–Crippen MR) is 91.4 cm³/mol. The van der Waals surface area contributed by atoms with Gasteiger partial charge in [-0.2, -0.15) is 9.29 Å². The summed E-state index contributed by atoms with van der Waals surface area (Å²) in [4.78, 5) is 8.17. The number of morpholine rings is 1. The van der Waals surface area contributed by atoms with Crippen LogP contribution in [0.25, 0.3) is 11.4 Å². The molecule has 4 rings (SSSR count). The standard InChI is InChI=1S/C17H15FN4O4S/c18-13-4-1-5-14(9-13)27(23,24)22-7-8-25-15(11-22)17-20-16(21-26-17)12-3-2-6-19-10-12/h1-6,9-10,15H,7-8,11H2/t15-/m0/s1. The van der Waals surface area contributed by atoms with Crippen LogP contribution in [0.15, 0.2) is 58.2 Å². The number of nitrogens with zero attached hydrogens (tertiary/aromatic N) is 4. The van der Waals surface area contributed by atoms with Crippen molar-refractivity contribution in [1.29, 1.82) is 0 Å². The van der Waals surface area contributed by atoms with Crippen molar-refractivity contribution >= 4 is 10.0 Å². The number of hydrogen-bond donors (Lipinski definition) is 0. The van der Waals surface area contributed by atoms with E-state index in [2.05, 4.69) is 15.1 Å². The summed E-state index contributed by atoms with van der Waals surface area (Å²) in [5.41, 5.74) is 0.674. The molecule has 0 spiro atoms. The Kier molecular flexibility index (Phi) is 4.68. The molecule has 0 unspecified atom stereocenters. The second-order valence-electron chi connectivity index (χ2n) is 5.88. The largest absolute Gasteiger partial charge is 0.366 e. The van der Waals surface area contributed by atoms with Crippen molar-refractivity contribution in [2.24, 2.45) is 0 Å². The number of benzene rings is 1. The molecule has 0 N–H and O–H groups in total. The molecule has 1 aliphatic rings. The summed E-state index contributed by atoms with van der Waals surface area (Å²) < 4.78 is 51.0. The number of hydrogen-bond acceptors (Lipinski definition) is 7. The van der Waals surface area contributed by atoms with E-state index in [1.165, 1.54) is 22.5 Å². The van der Waals surface area contributed by atoms with Gasteiger partial charge in [0.2, 0.25) is 15.8 Å². The van der Waals surface area contributed by atoms with Gasteiger partial charge in [0, 0.05) is 31.0 Å². The van der Waals surface area contributed by atoms with Gasteiger partial charge in [-0.25, -0.2) is 12.8 Å². The Balaban J connectivity index is 1.56. The summed E-state index contributed by atoms with van der Waals surface area (Å²) in [5.74, 6) is -0.0984. The summed E-state index contributed by atoms with van der Waals surface area (Å²) in [5, 5.41) is 3.89. The van der Waals surface area contributed by atoms with Crippen LogP contribution in [-0.4, -0.2) is 47.5 Å². The first-order chi connectivity index (χ1) is 13.0. The topological polar surface area (TPSA) is 98.4 Å². The predicted octanol–water partition coefficient (Wildman–Crippen LogP) is 2.03. The molecule has 0 bridgehead atoms. The minimum atomic E-state index is -3.86. The molecule has 0 saturated carbocycles. The van der Waals surface area contributed by atoms with Crippen molar-refractivity contribution in [2.75, 3.05) is 19.7 Å². The van der Waals surface area contributed by atoms with E-state index in [1.54, 1.807) is 24.5 Å². The highest BCUT2D eigenvalue weighted by atomic mass is 32.2. The van der Waals surface area contributed by atoms with E-state index in [4.69, 9.17) is 9.26 Å². The summed E-state index contributed by atoms with van der Waals surface area (Å²) in [7, 11) is -3.86. The summed E-state index contributed by atoms with van der Waals surface area (Å²) >= 11 is 0. The summed E-state index contributed by atoms with van der Waals surface area (Å²) in [6, 6.07) is 8.43. The van der Waals surface area contributed by atoms with E-state index >= 15 is 0 Å². The monoisotopic (exact) mass is 390 g/mol. The molecular formula is C17H15FN4O4S. The van der Waals surface area contributed by atoms with Gasteiger partial charge in [0.1, 0.15) is 5.82 Å². The lowest BCUT2D eigenvalue weighted by Gasteiger charge is -2.30. The van der Waals surface area contributed by atoms with Gasteiger partial charge in [0.15, 0.2) is 6.10 Å². The van der Waals surface area contributed by atoms with E-state index < -0.39 is 21.9 Å². The zero-order chi connectivity index (χ0) is 18.9. The third kappa shape index (κ3) is 3.59. The smallest absolute Gasteiger partial charge is 0.257 e. The first-order valence-electron chi connectivity index (χ1n) is 8.15. The van der Waals surface area contributed by atoms with Crippen LogP contribution in [0.1, 0.15) is 12.0 Å². The van der Waals surface area contributed by atoms with Crippen molar-refractivity contribution in [3.8, 4) is 11.4 Å². The highest BCUT2D eigenvalue weighted by Crippen LogP contribution is 2.27. The maximum absolute atomic E-state index is 13.4. The van der Waals surface area contributed by atoms with Gasteiger partial charge < -0.3 is 9.26 Å². The van der Waals surface area contributed by atoms with E-state index in [9.17, 15) is 12.8 Å². The highest BCUT2D eigenvalue weighted by Gasteiger charge is 2.34. The van der Waals surface area contributed by atoms with Crippen LogP contribution >= 0.6 is 0 Å². The molecule has 1 fully saturated rings. The maximum Gasteiger partial charge on any atom is 0.257 e. The lowest BCUT2D eigenvalue weighted by atomic mass is 10.2. The van der Waals surface area contributed by atoms with Crippen molar-refractivity contribution < 1.29 is 22.1 Å². The fourth-order valence-electron chi connectivity index (χ4n) is 2.75. The zero-order valence-electron chi connectivity index (χ0n) is 14.0. The molecule has 1 aliphatic heterocycles. The average molecular weight is 390 g/mol. The number of ether oxygens (including phenoxy) is 1. The Hall–Kier alpha value is -2.69. The van der Waals surface area contributed by atoms with E-state index in [0.29, 0.717) is 11.4 Å². The lowest BCUT2D eigenvalue weighted by Crippen LogP contribution is -2.42. The van der Waals surface area contributed by atoms with Crippen LogP contribution in [-0.2, 0) is 14.8 Å². The van der Waals surface area contributed by atoms with Crippen LogP contribution in [0.4, 0.5) is 4.39 Å². The molecule has 140 valence electrons. The minimum absolute atomic E-state index is 0.00643. The lowest BCUT2D eigenvalue weighted by molar-refractivity contribution is -0.0199. The quantitative estimate of drug-likeness (QED) is 0.672. The molecule has 3 heterocycles. The van der Waals surface area contributed by atoms with Crippen LogP contribution in [0.5, 0.6) is 0 Å².